The van der Waals surface area contributed by atoms with Crippen molar-refractivity contribution < 1.29 is 9.18 Å². The SMILES string of the molecule is Cn1cnc(CNC(=O)c2ccc(N)c(F)c2)n1. The summed E-state index contributed by atoms with van der Waals surface area (Å²) in [5, 5.41) is 6.60. The van der Waals surface area contributed by atoms with Gasteiger partial charge in [-0.2, -0.15) is 5.10 Å². The number of hydrogen-bond donors (Lipinski definition) is 2. The van der Waals surface area contributed by atoms with E-state index in [1.165, 1.54) is 23.1 Å². The van der Waals surface area contributed by atoms with Gasteiger partial charge in [0.15, 0.2) is 5.82 Å². The number of carbonyl (C=O) groups excluding carboxylic acids is 1. The number of benzene rings is 1. The van der Waals surface area contributed by atoms with Crippen molar-refractivity contribution in [1.29, 1.82) is 0 Å². The topological polar surface area (TPSA) is 85.8 Å². The summed E-state index contributed by atoms with van der Waals surface area (Å²) in [6.45, 7) is 0.186. The second-order valence-corrected chi connectivity index (χ2v) is 3.75. The maximum absolute atomic E-state index is 13.2. The molecule has 0 saturated carbocycles. The molecule has 3 N–H and O–H groups in total. The molecule has 0 spiro atoms. The summed E-state index contributed by atoms with van der Waals surface area (Å²) in [4.78, 5) is 15.7. The van der Waals surface area contributed by atoms with Crippen LogP contribution in [-0.2, 0) is 13.6 Å². The summed E-state index contributed by atoms with van der Waals surface area (Å²) >= 11 is 0. The predicted molar refractivity (Wildman–Crippen MR) is 63.0 cm³/mol. The van der Waals surface area contributed by atoms with E-state index < -0.39 is 11.7 Å². The van der Waals surface area contributed by atoms with Gasteiger partial charge in [0.2, 0.25) is 0 Å². The van der Waals surface area contributed by atoms with Crippen LogP contribution in [0.25, 0.3) is 0 Å². The van der Waals surface area contributed by atoms with Crippen LogP contribution < -0.4 is 11.1 Å². The van der Waals surface area contributed by atoms with Gasteiger partial charge in [-0.05, 0) is 18.2 Å². The first-order valence-electron chi connectivity index (χ1n) is 5.24. The molecule has 0 bridgehead atoms. The van der Waals surface area contributed by atoms with Crippen molar-refractivity contribution in [2.45, 2.75) is 6.54 Å². The van der Waals surface area contributed by atoms with Gasteiger partial charge in [0, 0.05) is 12.6 Å². The van der Waals surface area contributed by atoms with Crippen molar-refractivity contribution in [3.05, 3.63) is 41.7 Å². The van der Waals surface area contributed by atoms with E-state index in [1.54, 1.807) is 7.05 Å². The Bertz CT molecular complexity index is 581. The fourth-order valence-electron chi connectivity index (χ4n) is 1.39. The third-order valence-corrected chi connectivity index (χ3v) is 2.32. The number of amides is 1. The minimum atomic E-state index is -0.612. The molecule has 0 radical (unpaired) electrons. The van der Waals surface area contributed by atoms with Crippen LogP contribution in [0.15, 0.2) is 24.5 Å². The van der Waals surface area contributed by atoms with Crippen molar-refractivity contribution >= 4 is 11.6 Å². The molecule has 2 aromatic rings. The lowest BCUT2D eigenvalue weighted by atomic mass is 10.2. The second kappa shape index (κ2) is 4.82. The van der Waals surface area contributed by atoms with Crippen molar-refractivity contribution in [2.75, 3.05) is 5.73 Å². The number of carbonyl (C=O) groups is 1. The molecule has 18 heavy (non-hydrogen) atoms. The van der Waals surface area contributed by atoms with Gasteiger partial charge < -0.3 is 11.1 Å². The van der Waals surface area contributed by atoms with E-state index in [0.29, 0.717) is 5.82 Å². The monoisotopic (exact) mass is 249 g/mol. The number of nitrogens with one attached hydrogen (secondary N) is 1. The zero-order valence-electron chi connectivity index (χ0n) is 9.72. The largest absolute Gasteiger partial charge is 0.396 e. The average molecular weight is 249 g/mol. The summed E-state index contributed by atoms with van der Waals surface area (Å²) in [6, 6.07) is 3.90. The number of hydrogen-bond acceptors (Lipinski definition) is 4. The second-order valence-electron chi connectivity index (χ2n) is 3.75. The molecule has 1 aromatic heterocycles. The third kappa shape index (κ3) is 2.62. The smallest absolute Gasteiger partial charge is 0.251 e. The Hall–Kier alpha value is -2.44. The molecule has 0 aliphatic heterocycles. The van der Waals surface area contributed by atoms with Crippen molar-refractivity contribution in [3.8, 4) is 0 Å². The highest BCUT2D eigenvalue weighted by Crippen LogP contribution is 2.11. The van der Waals surface area contributed by atoms with Crippen molar-refractivity contribution in [3.63, 3.8) is 0 Å². The normalized spacial score (nSPS) is 10.3. The van der Waals surface area contributed by atoms with Gasteiger partial charge in [-0.3, -0.25) is 9.48 Å². The van der Waals surface area contributed by atoms with Crippen LogP contribution in [0.2, 0.25) is 0 Å². The zero-order chi connectivity index (χ0) is 13.1. The lowest BCUT2D eigenvalue weighted by Gasteiger charge is -2.04. The number of anilines is 1. The minimum Gasteiger partial charge on any atom is -0.396 e. The van der Waals surface area contributed by atoms with Crippen LogP contribution in [0.3, 0.4) is 0 Å². The summed E-state index contributed by atoms with van der Waals surface area (Å²) in [6.07, 6.45) is 1.53. The first-order chi connectivity index (χ1) is 8.56. The van der Waals surface area contributed by atoms with E-state index in [9.17, 15) is 9.18 Å². The Morgan fingerprint density at radius 2 is 2.33 bits per heavy atom. The summed E-state index contributed by atoms with van der Waals surface area (Å²) in [5.74, 6) is -0.526. The number of rotatable bonds is 3. The molecule has 1 heterocycles. The van der Waals surface area contributed by atoms with E-state index in [2.05, 4.69) is 15.4 Å². The molecule has 2 rings (SSSR count). The van der Waals surface area contributed by atoms with Gasteiger partial charge in [-0.25, -0.2) is 9.37 Å². The average Bonchev–Trinajstić information content (AvgIpc) is 2.75. The summed E-state index contributed by atoms with van der Waals surface area (Å²) < 4.78 is 14.7. The van der Waals surface area contributed by atoms with Gasteiger partial charge in [0.05, 0.1) is 12.2 Å². The van der Waals surface area contributed by atoms with Crippen LogP contribution in [-0.4, -0.2) is 20.7 Å². The van der Waals surface area contributed by atoms with E-state index in [0.717, 1.165) is 6.07 Å². The van der Waals surface area contributed by atoms with E-state index in [4.69, 9.17) is 5.73 Å². The molecular formula is C11H12FN5O. The molecule has 1 amide bonds. The predicted octanol–water partition coefficient (Wildman–Crippen LogP) is 0.466. The highest BCUT2D eigenvalue weighted by atomic mass is 19.1. The van der Waals surface area contributed by atoms with Crippen LogP contribution in [0.5, 0.6) is 0 Å². The fraction of sp³-hybridized carbons (Fsp3) is 0.182. The fourth-order valence-corrected chi connectivity index (χ4v) is 1.39. The number of nitrogens with two attached hydrogens (primary N) is 1. The lowest BCUT2D eigenvalue weighted by molar-refractivity contribution is 0.0949. The Morgan fingerprint density at radius 1 is 1.56 bits per heavy atom. The van der Waals surface area contributed by atoms with Gasteiger partial charge in [0.25, 0.3) is 5.91 Å². The first-order valence-corrected chi connectivity index (χ1v) is 5.24. The third-order valence-electron chi connectivity index (χ3n) is 2.32. The number of nitrogens with zero attached hydrogens (tertiary/aromatic N) is 3. The Balaban J connectivity index is 2.01. The quantitative estimate of drug-likeness (QED) is 0.774. The molecule has 0 atom stereocenters. The first kappa shape index (κ1) is 12.0. The van der Waals surface area contributed by atoms with Crippen molar-refractivity contribution in [2.24, 2.45) is 7.05 Å². The molecule has 7 heteroatoms. The summed E-state index contributed by atoms with van der Waals surface area (Å²) in [7, 11) is 1.73. The Morgan fingerprint density at radius 3 is 2.94 bits per heavy atom. The van der Waals surface area contributed by atoms with E-state index >= 15 is 0 Å². The highest BCUT2D eigenvalue weighted by Gasteiger charge is 2.09. The number of halogens is 1. The van der Waals surface area contributed by atoms with Crippen LogP contribution >= 0.6 is 0 Å². The molecule has 6 nitrogen and oxygen atoms in total. The highest BCUT2D eigenvalue weighted by molar-refractivity contribution is 5.94. The Kier molecular flexibility index (Phi) is 3.22. The van der Waals surface area contributed by atoms with Gasteiger partial charge >= 0.3 is 0 Å². The van der Waals surface area contributed by atoms with Crippen LogP contribution in [0.4, 0.5) is 10.1 Å². The lowest BCUT2D eigenvalue weighted by Crippen LogP contribution is -2.23. The molecule has 0 aliphatic carbocycles. The van der Waals surface area contributed by atoms with Gasteiger partial charge in [0.1, 0.15) is 12.1 Å². The molecule has 1 aromatic carbocycles. The summed E-state index contributed by atoms with van der Waals surface area (Å²) in [5.41, 5.74) is 5.55. The maximum atomic E-state index is 13.2. The zero-order valence-corrected chi connectivity index (χ0v) is 9.72. The van der Waals surface area contributed by atoms with E-state index in [-0.39, 0.29) is 17.8 Å². The molecule has 0 saturated heterocycles. The van der Waals surface area contributed by atoms with Gasteiger partial charge in [-0.1, -0.05) is 0 Å². The maximum Gasteiger partial charge on any atom is 0.251 e. The molecule has 0 aliphatic rings. The molecular weight excluding hydrogens is 237 g/mol. The Labute approximate surface area is 103 Å². The molecule has 94 valence electrons. The molecule has 0 unspecified atom stereocenters. The number of aromatic nitrogens is 3. The van der Waals surface area contributed by atoms with E-state index in [1.807, 2.05) is 0 Å². The van der Waals surface area contributed by atoms with Crippen LogP contribution in [0.1, 0.15) is 16.2 Å². The minimum absolute atomic E-state index is 0.0120. The van der Waals surface area contributed by atoms with Crippen molar-refractivity contribution in [1.82, 2.24) is 20.1 Å². The number of nitrogen functional groups attached to an aromatic ring is 1. The standard InChI is InChI=1S/C11H12FN5O/c1-17-6-15-10(16-17)5-14-11(18)7-2-3-9(13)8(12)4-7/h2-4,6H,5,13H2,1H3,(H,14,18). The van der Waals surface area contributed by atoms with Crippen LogP contribution in [0, 0.1) is 5.82 Å². The number of aryl methyl sites for hydroxylation is 1. The molecule has 0 fully saturated rings. The van der Waals surface area contributed by atoms with Gasteiger partial charge in [-0.15, -0.1) is 0 Å².